The van der Waals surface area contributed by atoms with Crippen LogP contribution in [0.25, 0.3) is 11.2 Å². The van der Waals surface area contributed by atoms with Crippen LogP contribution in [0.5, 0.6) is 0 Å². The number of benzene rings is 1. The van der Waals surface area contributed by atoms with Gasteiger partial charge in [-0.1, -0.05) is 29.7 Å². The summed E-state index contributed by atoms with van der Waals surface area (Å²) in [6, 6.07) is 6.83. The van der Waals surface area contributed by atoms with Gasteiger partial charge in [-0.15, -0.1) is 0 Å². The summed E-state index contributed by atoms with van der Waals surface area (Å²) in [7, 11) is 1.52. The molecule has 41 heavy (non-hydrogen) atoms. The van der Waals surface area contributed by atoms with Gasteiger partial charge in [0.15, 0.2) is 17.0 Å². The Morgan fingerprint density at radius 1 is 1.29 bits per heavy atom. The third-order valence-electron chi connectivity index (χ3n) is 7.79. The molecule has 0 radical (unpaired) electrons. The lowest BCUT2D eigenvalue weighted by molar-refractivity contribution is -0.132. The van der Waals surface area contributed by atoms with Gasteiger partial charge in [-0.2, -0.15) is 0 Å². The quantitative estimate of drug-likeness (QED) is 0.149. The summed E-state index contributed by atoms with van der Waals surface area (Å²) < 4.78 is 1.71. The van der Waals surface area contributed by atoms with Gasteiger partial charge in [-0.3, -0.25) is 9.59 Å². The number of nitrogens with one attached hydrogen (secondary N) is 3. The van der Waals surface area contributed by atoms with Crippen LogP contribution in [0.3, 0.4) is 0 Å². The van der Waals surface area contributed by atoms with Gasteiger partial charge in [0.2, 0.25) is 17.6 Å². The van der Waals surface area contributed by atoms with Crippen LogP contribution in [0.15, 0.2) is 30.6 Å². The molecular weight excluding hydrogens is 548 g/mol. The van der Waals surface area contributed by atoms with Crippen molar-refractivity contribution in [3.05, 3.63) is 47.0 Å². The minimum absolute atomic E-state index is 0.0726. The van der Waals surface area contributed by atoms with Crippen LogP contribution in [0, 0.1) is 23.2 Å². The number of unbranched alkanes of at least 4 members (excludes halogenated alkanes) is 1. The fourth-order valence-corrected chi connectivity index (χ4v) is 5.92. The maximum Gasteiger partial charge on any atom is 0.229 e. The Labute approximate surface area is 242 Å². The monoisotopic (exact) mass is 580 g/mol. The number of nitrogens with two attached hydrogens (primary N) is 1. The Kier molecular flexibility index (Phi) is 8.42. The van der Waals surface area contributed by atoms with E-state index in [1.807, 2.05) is 18.2 Å². The first-order valence-corrected chi connectivity index (χ1v) is 13.9. The average Bonchev–Trinajstić information content (AvgIpc) is 3.50. The van der Waals surface area contributed by atoms with Gasteiger partial charge in [0.05, 0.1) is 23.9 Å². The third-order valence-corrected chi connectivity index (χ3v) is 8.02. The molecule has 12 nitrogen and oxygen atoms in total. The molecule has 0 unspecified atom stereocenters. The Morgan fingerprint density at radius 2 is 2.12 bits per heavy atom. The molecule has 3 aromatic rings. The molecule has 2 amide bonds. The number of carbonyl (C=O) groups is 2. The Balaban J connectivity index is 1.43. The van der Waals surface area contributed by atoms with E-state index in [2.05, 4.69) is 42.7 Å². The lowest BCUT2D eigenvalue weighted by Gasteiger charge is -2.23. The Morgan fingerprint density at radius 3 is 2.88 bits per heavy atom. The zero-order valence-electron chi connectivity index (χ0n) is 22.6. The Hall–Kier alpha value is -3.76. The lowest BCUT2D eigenvalue weighted by atomic mass is 9.98. The SMILES string of the molecule is CNC(=O)[C@]12C[C@@H]1[C@@H](n1cnc3c(NCc4cccc(Cl)c4)nc(C#CCCCC(=O)NCCN)nc31)[C@H](O)[C@@H]2O. The second kappa shape index (κ2) is 12.0. The van der Waals surface area contributed by atoms with Crippen LogP contribution in [-0.4, -0.2) is 73.9 Å². The van der Waals surface area contributed by atoms with Crippen molar-refractivity contribution in [1.29, 1.82) is 0 Å². The van der Waals surface area contributed by atoms with Crippen LogP contribution in [0.2, 0.25) is 5.02 Å². The minimum Gasteiger partial charge on any atom is -0.389 e. The third kappa shape index (κ3) is 5.58. The van der Waals surface area contributed by atoms with E-state index < -0.39 is 23.7 Å². The molecule has 7 N–H and O–H groups in total. The molecule has 2 heterocycles. The summed E-state index contributed by atoms with van der Waals surface area (Å²) in [5, 5.41) is 31.1. The highest BCUT2D eigenvalue weighted by molar-refractivity contribution is 6.30. The largest absolute Gasteiger partial charge is 0.389 e. The van der Waals surface area contributed by atoms with E-state index in [1.165, 1.54) is 7.05 Å². The molecule has 0 saturated heterocycles. The van der Waals surface area contributed by atoms with E-state index in [-0.39, 0.29) is 23.6 Å². The zero-order chi connectivity index (χ0) is 29.1. The van der Waals surface area contributed by atoms with E-state index in [4.69, 9.17) is 17.3 Å². The molecule has 2 fully saturated rings. The number of hydrogen-bond donors (Lipinski definition) is 6. The van der Waals surface area contributed by atoms with Crippen LogP contribution >= 0.6 is 11.6 Å². The first kappa shape index (κ1) is 28.8. The molecule has 5 rings (SSSR count). The predicted octanol–water partition coefficient (Wildman–Crippen LogP) is 0.717. The van der Waals surface area contributed by atoms with Gasteiger partial charge in [-0.25, -0.2) is 15.0 Å². The van der Waals surface area contributed by atoms with Crippen molar-refractivity contribution >= 4 is 40.4 Å². The van der Waals surface area contributed by atoms with Crippen molar-refractivity contribution in [1.82, 2.24) is 30.2 Å². The van der Waals surface area contributed by atoms with Crippen molar-refractivity contribution < 1.29 is 19.8 Å². The van der Waals surface area contributed by atoms with Gasteiger partial charge in [-0.05, 0) is 36.5 Å². The highest BCUT2D eigenvalue weighted by Gasteiger charge is 2.75. The van der Waals surface area contributed by atoms with Gasteiger partial charge in [0.25, 0.3) is 0 Å². The van der Waals surface area contributed by atoms with Crippen molar-refractivity contribution in [3.8, 4) is 11.8 Å². The fourth-order valence-electron chi connectivity index (χ4n) is 5.71. The standard InChI is InChI=1S/C28H33ClN8O4/c1-31-27(41)28-13-18(28)22(23(39)24(28)40)37-15-34-21-25(33-14-16-6-5-7-17(29)12-16)35-19(36-26(21)37)8-3-2-4-9-20(38)32-11-10-30/h5-7,12,15,18,22-24,39-40H,2,4,9-11,13-14,30H2,1H3,(H,31,41)(H,32,38)(H,33,35,36)/t18-,22-,23+,24+,28-/m1/s1. The summed E-state index contributed by atoms with van der Waals surface area (Å²) in [6.07, 6.45) is 0.987. The number of amides is 2. The second-order valence-electron chi connectivity index (χ2n) is 10.4. The minimum atomic E-state index is -1.21. The highest BCUT2D eigenvalue weighted by Crippen LogP contribution is 2.67. The van der Waals surface area contributed by atoms with Crippen molar-refractivity contribution in [2.75, 3.05) is 25.5 Å². The summed E-state index contributed by atoms with van der Waals surface area (Å²) in [4.78, 5) is 38.2. The molecule has 1 aromatic carbocycles. The van der Waals surface area contributed by atoms with Gasteiger partial charge < -0.3 is 36.5 Å². The van der Waals surface area contributed by atoms with E-state index in [9.17, 15) is 19.8 Å². The molecule has 0 aliphatic heterocycles. The smallest absolute Gasteiger partial charge is 0.229 e. The number of rotatable bonds is 10. The van der Waals surface area contributed by atoms with Crippen molar-refractivity contribution in [2.45, 2.75) is 50.5 Å². The van der Waals surface area contributed by atoms with Gasteiger partial charge in [0, 0.05) is 50.5 Å². The molecule has 216 valence electrons. The number of halogens is 1. The molecule has 5 atom stereocenters. The van der Waals surface area contributed by atoms with Gasteiger partial charge in [0.1, 0.15) is 6.10 Å². The lowest BCUT2D eigenvalue weighted by Crippen LogP contribution is -2.41. The predicted molar refractivity (Wildman–Crippen MR) is 153 cm³/mol. The number of aromatic nitrogens is 4. The van der Waals surface area contributed by atoms with Crippen LogP contribution in [0.4, 0.5) is 5.82 Å². The summed E-state index contributed by atoms with van der Waals surface area (Å²) in [6.45, 7) is 1.24. The summed E-state index contributed by atoms with van der Waals surface area (Å²) >= 11 is 6.15. The van der Waals surface area contributed by atoms with Crippen molar-refractivity contribution in [2.24, 2.45) is 17.1 Å². The summed E-state index contributed by atoms with van der Waals surface area (Å²) in [5.74, 6) is 6.06. The number of anilines is 1. The van der Waals surface area contributed by atoms with E-state index in [0.29, 0.717) is 67.3 Å². The number of carbonyl (C=O) groups excluding carboxylic acids is 2. The molecule has 13 heteroatoms. The van der Waals surface area contributed by atoms with Crippen LogP contribution in [-0.2, 0) is 16.1 Å². The van der Waals surface area contributed by atoms with E-state index in [1.54, 1.807) is 17.0 Å². The van der Waals surface area contributed by atoms with E-state index in [0.717, 1.165) is 5.56 Å². The fraction of sp³-hybridized carbons (Fsp3) is 0.464. The molecule has 0 spiro atoms. The van der Waals surface area contributed by atoms with Gasteiger partial charge >= 0.3 is 0 Å². The van der Waals surface area contributed by atoms with Crippen LogP contribution in [0.1, 0.15) is 43.1 Å². The van der Waals surface area contributed by atoms with Crippen molar-refractivity contribution in [3.63, 3.8) is 0 Å². The van der Waals surface area contributed by atoms with Crippen LogP contribution < -0.4 is 21.7 Å². The number of hydrogen-bond acceptors (Lipinski definition) is 9. The maximum atomic E-state index is 12.6. The topological polar surface area (TPSA) is 180 Å². The first-order valence-electron chi connectivity index (χ1n) is 13.6. The first-order chi connectivity index (χ1) is 19.8. The number of imidazole rings is 1. The zero-order valence-corrected chi connectivity index (χ0v) is 23.4. The Bertz CT molecular complexity index is 1520. The number of nitrogens with zero attached hydrogens (tertiary/aromatic N) is 4. The maximum absolute atomic E-state index is 12.6. The van der Waals surface area contributed by atoms with E-state index >= 15 is 0 Å². The molecule has 2 saturated carbocycles. The molecule has 2 aromatic heterocycles. The number of fused-ring (bicyclic) bond motifs is 2. The molecular formula is C28H33ClN8O4. The second-order valence-corrected chi connectivity index (χ2v) is 10.8. The molecule has 0 bridgehead atoms. The number of aliphatic hydroxyl groups is 2. The highest BCUT2D eigenvalue weighted by atomic mass is 35.5. The molecule has 2 aliphatic carbocycles. The number of aliphatic hydroxyl groups excluding tert-OH is 2. The normalized spacial score (nSPS) is 24.3. The average molecular weight is 581 g/mol. The molecule has 2 aliphatic rings. The summed E-state index contributed by atoms with van der Waals surface area (Å²) in [5.41, 5.74) is 6.21.